The van der Waals surface area contributed by atoms with Crippen LogP contribution in [0.3, 0.4) is 0 Å². The quantitative estimate of drug-likeness (QED) is 0.242. The van der Waals surface area contributed by atoms with Crippen molar-refractivity contribution in [3.05, 3.63) is 71.0 Å². The first kappa shape index (κ1) is 26.9. The minimum Gasteiger partial charge on any atom is -0.393 e. The minimum absolute atomic E-state index is 0.0654. The maximum atomic E-state index is 15.4. The first-order valence-corrected chi connectivity index (χ1v) is 14.2. The molecule has 4 aromatic rings. The molecular weight excluding hydrogens is 523 g/mol. The first-order valence-electron chi connectivity index (χ1n) is 14.2. The number of anilines is 4. The van der Waals surface area contributed by atoms with Crippen molar-refractivity contribution in [2.45, 2.75) is 51.6 Å². The van der Waals surface area contributed by atoms with E-state index in [0.717, 1.165) is 57.3 Å². The molecule has 4 N–H and O–H groups in total. The summed E-state index contributed by atoms with van der Waals surface area (Å²) in [6.07, 6.45) is 7.95. The van der Waals surface area contributed by atoms with Gasteiger partial charge in [0.2, 0.25) is 5.91 Å². The van der Waals surface area contributed by atoms with Crippen molar-refractivity contribution in [2.75, 3.05) is 28.6 Å². The fourth-order valence-corrected chi connectivity index (χ4v) is 5.75. The molecule has 0 bridgehead atoms. The molecule has 10 heteroatoms. The topological polar surface area (TPSA) is 123 Å². The number of aliphatic hydroxyl groups is 1. The minimum atomic E-state index is -0.529. The van der Waals surface area contributed by atoms with E-state index in [1.54, 1.807) is 30.5 Å². The third-order valence-corrected chi connectivity index (χ3v) is 8.54. The third-order valence-electron chi connectivity index (χ3n) is 8.54. The highest BCUT2D eigenvalue weighted by atomic mass is 19.1. The van der Waals surface area contributed by atoms with Crippen LogP contribution in [0, 0.1) is 11.2 Å². The molecule has 212 valence electrons. The molecule has 2 aliphatic rings. The smallest absolute Gasteiger partial charge is 0.259 e. The lowest BCUT2D eigenvalue weighted by Crippen LogP contribution is -2.41. The van der Waals surface area contributed by atoms with Crippen LogP contribution >= 0.6 is 0 Å². The number of hydrogen-bond donors (Lipinski definition) is 4. The second-order valence-electron chi connectivity index (χ2n) is 11.0. The van der Waals surface area contributed by atoms with Crippen LogP contribution in [-0.2, 0) is 4.79 Å². The second-order valence-corrected chi connectivity index (χ2v) is 11.0. The van der Waals surface area contributed by atoms with Gasteiger partial charge >= 0.3 is 0 Å². The van der Waals surface area contributed by atoms with Gasteiger partial charge in [-0.15, -0.1) is 0 Å². The highest BCUT2D eigenvalue weighted by Gasteiger charge is 2.42. The summed E-state index contributed by atoms with van der Waals surface area (Å²) >= 11 is 0. The number of piperidine rings is 1. The number of nitrogens with one attached hydrogen (secondary N) is 3. The van der Waals surface area contributed by atoms with Gasteiger partial charge in [0.05, 0.1) is 40.3 Å². The number of aliphatic hydroxyl groups excluding tert-OH is 1. The summed E-state index contributed by atoms with van der Waals surface area (Å²) in [5.74, 6) is -0.0741. The Morgan fingerprint density at radius 1 is 1.17 bits per heavy atom. The van der Waals surface area contributed by atoms with Crippen molar-refractivity contribution in [1.82, 2.24) is 15.0 Å². The molecule has 0 radical (unpaired) electrons. The van der Waals surface area contributed by atoms with E-state index >= 15 is 4.39 Å². The number of aromatic amines is 1. The molecule has 0 atom stereocenters. The molecule has 1 saturated heterocycles. The summed E-state index contributed by atoms with van der Waals surface area (Å²) in [5, 5.41) is 16.2. The monoisotopic (exact) mass is 556 g/mol. The number of hydrogen-bond acceptors (Lipinski definition) is 7. The summed E-state index contributed by atoms with van der Waals surface area (Å²) in [6, 6.07) is 11.7. The van der Waals surface area contributed by atoms with Crippen LogP contribution in [0.4, 0.5) is 27.3 Å². The summed E-state index contributed by atoms with van der Waals surface area (Å²) in [6.45, 7) is 3.53. The fourth-order valence-electron chi connectivity index (χ4n) is 5.75. The molecule has 2 fully saturated rings. The number of H-pyrrole nitrogens is 1. The van der Waals surface area contributed by atoms with Crippen LogP contribution in [0.25, 0.3) is 22.2 Å². The largest absolute Gasteiger partial charge is 0.393 e. The number of rotatable bonds is 7. The van der Waals surface area contributed by atoms with Crippen LogP contribution in [0.5, 0.6) is 0 Å². The average molecular weight is 557 g/mol. The molecule has 4 heterocycles. The molecule has 3 aromatic heterocycles. The van der Waals surface area contributed by atoms with Gasteiger partial charge in [0.25, 0.3) is 5.56 Å². The summed E-state index contributed by atoms with van der Waals surface area (Å²) in [7, 11) is 0. The van der Waals surface area contributed by atoms with Crippen LogP contribution in [-0.4, -0.2) is 45.2 Å². The number of halogens is 1. The predicted octanol–water partition coefficient (Wildman–Crippen LogP) is 5.35. The molecule has 0 unspecified atom stereocenters. The number of carbonyl (C=O) groups excluding carboxylic acids is 1. The molecule has 1 amide bonds. The van der Waals surface area contributed by atoms with Gasteiger partial charge in [-0.2, -0.15) is 0 Å². The van der Waals surface area contributed by atoms with E-state index in [2.05, 4.69) is 30.5 Å². The standard InChI is InChI=1S/C31H33FN6O3/c1-2-31(11-3-12-31)30(41)35-19-4-6-22(23(32)16-19)25-17-26(28-24(36-25)8-13-33-29(28)40)37-27-7-5-20(18-34-27)38-14-9-21(39)10-15-38/h4-8,13,16-18,21,39H,2-3,9-12,14-15H2,1H3,(H,33,40)(H,35,41)(H,34,36,37). The van der Waals surface area contributed by atoms with Gasteiger partial charge in [-0.1, -0.05) is 13.3 Å². The van der Waals surface area contributed by atoms with Crippen LogP contribution in [0.15, 0.2) is 59.7 Å². The second kappa shape index (κ2) is 10.9. The molecule has 9 nitrogen and oxygen atoms in total. The Kier molecular flexibility index (Phi) is 7.17. The maximum absolute atomic E-state index is 15.4. The third kappa shape index (κ3) is 5.27. The van der Waals surface area contributed by atoms with Gasteiger partial charge in [0, 0.05) is 36.0 Å². The van der Waals surface area contributed by atoms with Crippen molar-refractivity contribution in [3.8, 4) is 11.3 Å². The Bertz CT molecular complexity index is 1640. The van der Waals surface area contributed by atoms with E-state index in [4.69, 9.17) is 0 Å². The van der Waals surface area contributed by atoms with E-state index < -0.39 is 5.82 Å². The lowest BCUT2D eigenvalue weighted by molar-refractivity contribution is -0.130. The highest BCUT2D eigenvalue weighted by Crippen LogP contribution is 2.44. The van der Waals surface area contributed by atoms with Crippen molar-refractivity contribution >= 4 is 39.7 Å². The van der Waals surface area contributed by atoms with Gasteiger partial charge in [-0.3, -0.25) is 9.59 Å². The van der Waals surface area contributed by atoms with Crippen molar-refractivity contribution in [1.29, 1.82) is 0 Å². The number of pyridine rings is 3. The van der Waals surface area contributed by atoms with E-state index in [1.807, 2.05) is 19.1 Å². The zero-order valence-electron chi connectivity index (χ0n) is 22.9. The van der Waals surface area contributed by atoms with Crippen LogP contribution in [0.2, 0.25) is 0 Å². The Morgan fingerprint density at radius 3 is 2.63 bits per heavy atom. The molecular formula is C31H33FN6O3. The summed E-state index contributed by atoms with van der Waals surface area (Å²) < 4.78 is 15.4. The SMILES string of the molecule is CCC1(C(=O)Nc2ccc(-c3cc(Nc4ccc(N5CCC(O)CC5)cn4)c4c(=O)[nH]ccc4n3)c(F)c2)CCC1. The van der Waals surface area contributed by atoms with E-state index in [-0.39, 0.29) is 28.5 Å². The van der Waals surface area contributed by atoms with E-state index in [9.17, 15) is 14.7 Å². The van der Waals surface area contributed by atoms with Gasteiger partial charge in [-0.05, 0) is 74.6 Å². The van der Waals surface area contributed by atoms with E-state index in [1.165, 1.54) is 12.3 Å². The summed E-state index contributed by atoms with van der Waals surface area (Å²) in [4.78, 5) is 39.6. The van der Waals surface area contributed by atoms with Gasteiger partial charge in [0.15, 0.2) is 0 Å². The first-order chi connectivity index (χ1) is 19.8. The highest BCUT2D eigenvalue weighted by molar-refractivity contribution is 5.97. The van der Waals surface area contributed by atoms with Crippen molar-refractivity contribution < 1.29 is 14.3 Å². The Balaban J connectivity index is 1.28. The molecule has 41 heavy (non-hydrogen) atoms. The normalized spacial score (nSPS) is 16.8. The Morgan fingerprint density at radius 2 is 1.98 bits per heavy atom. The number of fused-ring (bicyclic) bond motifs is 1. The summed E-state index contributed by atoms with van der Waals surface area (Å²) in [5.41, 5.74) is 2.11. The lowest BCUT2D eigenvalue weighted by atomic mass is 9.66. The Labute approximate surface area is 236 Å². The van der Waals surface area contributed by atoms with Gasteiger partial charge < -0.3 is 25.6 Å². The Hall–Kier alpha value is -4.31. The van der Waals surface area contributed by atoms with Crippen LogP contribution < -0.4 is 21.1 Å². The predicted molar refractivity (Wildman–Crippen MR) is 158 cm³/mol. The van der Waals surface area contributed by atoms with Crippen molar-refractivity contribution in [3.63, 3.8) is 0 Å². The zero-order chi connectivity index (χ0) is 28.6. The van der Waals surface area contributed by atoms with Crippen LogP contribution in [0.1, 0.15) is 45.4 Å². The van der Waals surface area contributed by atoms with Crippen molar-refractivity contribution in [2.24, 2.45) is 5.41 Å². The molecule has 1 aromatic carbocycles. The van der Waals surface area contributed by atoms with E-state index in [0.29, 0.717) is 33.8 Å². The number of nitrogens with zero attached hydrogens (tertiary/aromatic N) is 3. The fraction of sp³-hybridized carbons (Fsp3) is 0.355. The number of amides is 1. The lowest BCUT2D eigenvalue weighted by Gasteiger charge is -2.39. The molecule has 1 aliphatic heterocycles. The molecule has 1 aliphatic carbocycles. The number of aromatic nitrogens is 3. The molecule has 6 rings (SSSR count). The van der Waals surface area contributed by atoms with Gasteiger partial charge in [-0.25, -0.2) is 14.4 Å². The van der Waals surface area contributed by atoms with Gasteiger partial charge in [0.1, 0.15) is 11.6 Å². The average Bonchev–Trinajstić information content (AvgIpc) is 2.94. The maximum Gasteiger partial charge on any atom is 0.259 e. The molecule has 0 spiro atoms. The zero-order valence-corrected chi connectivity index (χ0v) is 22.9. The molecule has 1 saturated carbocycles. The number of carbonyl (C=O) groups is 1. The number of benzene rings is 1.